The second-order valence-electron chi connectivity index (χ2n) is 7.45. The minimum atomic E-state index is -0.0348. The number of thioether (sulfide) groups is 1. The first kappa shape index (κ1) is 21.5. The van der Waals surface area contributed by atoms with Crippen LogP contribution in [0.5, 0.6) is 0 Å². The molecule has 6 heteroatoms. The molecule has 1 atom stereocenters. The summed E-state index contributed by atoms with van der Waals surface area (Å²) in [6.45, 7) is 9.11. The predicted molar refractivity (Wildman–Crippen MR) is 113 cm³/mol. The van der Waals surface area contributed by atoms with Gasteiger partial charge in [0.1, 0.15) is 0 Å². The maximum atomic E-state index is 12.7. The highest BCUT2D eigenvalue weighted by atomic mass is 32.2. The molecule has 0 spiro atoms. The molecule has 0 bridgehead atoms. The van der Waals surface area contributed by atoms with E-state index >= 15 is 0 Å². The van der Waals surface area contributed by atoms with Crippen molar-refractivity contribution in [1.82, 2.24) is 14.9 Å². The Labute approximate surface area is 166 Å². The highest BCUT2D eigenvalue weighted by Crippen LogP contribution is 2.18. The Morgan fingerprint density at radius 3 is 2.67 bits per heavy atom. The molecule has 1 aromatic carbocycles. The zero-order valence-electron chi connectivity index (χ0n) is 16.8. The Balaban J connectivity index is 2.02. The van der Waals surface area contributed by atoms with Crippen LogP contribution in [0.1, 0.15) is 53.4 Å². The van der Waals surface area contributed by atoms with E-state index in [0.29, 0.717) is 28.5 Å². The van der Waals surface area contributed by atoms with Crippen LogP contribution in [-0.2, 0) is 11.3 Å². The van der Waals surface area contributed by atoms with Gasteiger partial charge in [-0.05, 0) is 37.8 Å². The summed E-state index contributed by atoms with van der Waals surface area (Å²) in [5.74, 6) is 0.948. The van der Waals surface area contributed by atoms with E-state index in [1.165, 1.54) is 18.2 Å². The van der Waals surface area contributed by atoms with Crippen molar-refractivity contribution in [3.8, 4) is 0 Å². The van der Waals surface area contributed by atoms with Gasteiger partial charge in [0.15, 0.2) is 5.16 Å². The Hall–Kier alpha value is -1.82. The first-order chi connectivity index (χ1) is 12.9. The van der Waals surface area contributed by atoms with Crippen molar-refractivity contribution in [2.75, 3.05) is 5.75 Å². The van der Waals surface area contributed by atoms with Gasteiger partial charge in [0.2, 0.25) is 5.91 Å². The van der Waals surface area contributed by atoms with Crippen molar-refractivity contribution in [1.29, 1.82) is 0 Å². The Morgan fingerprint density at radius 2 is 1.96 bits per heavy atom. The summed E-state index contributed by atoms with van der Waals surface area (Å²) >= 11 is 1.33. The van der Waals surface area contributed by atoms with Gasteiger partial charge in [-0.15, -0.1) is 0 Å². The molecule has 0 radical (unpaired) electrons. The number of nitrogens with zero attached hydrogens (tertiary/aromatic N) is 2. The van der Waals surface area contributed by atoms with Gasteiger partial charge in [0, 0.05) is 12.6 Å². The minimum absolute atomic E-state index is 0.0116. The van der Waals surface area contributed by atoms with Gasteiger partial charge < -0.3 is 5.32 Å². The fourth-order valence-electron chi connectivity index (χ4n) is 3.03. The van der Waals surface area contributed by atoms with E-state index in [4.69, 9.17) is 0 Å². The van der Waals surface area contributed by atoms with E-state index in [1.54, 1.807) is 10.6 Å². The van der Waals surface area contributed by atoms with Gasteiger partial charge in [-0.25, -0.2) is 4.98 Å². The Bertz CT molecular complexity index is 817. The van der Waals surface area contributed by atoms with Gasteiger partial charge in [-0.3, -0.25) is 14.2 Å². The number of fused-ring (bicyclic) bond motifs is 1. The summed E-state index contributed by atoms with van der Waals surface area (Å²) in [4.78, 5) is 29.7. The highest BCUT2D eigenvalue weighted by molar-refractivity contribution is 7.99. The molecular weight excluding hydrogens is 358 g/mol. The quantitative estimate of drug-likeness (QED) is 0.488. The molecule has 148 valence electrons. The van der Waals surface area contributed by atoms with Gasteiger partial charge in [-0.2, -0.15) is 0 Å². The molecule has 1 amide bonds. The van der Waals surface area contributed by atoms with Crippen LogP contribution >= 0.6 is 11.8 Å². The number of nitrogens with one attached hydrogen (secondary N) is 1. The van der Waals surface area contributed by atoms with Crippen molar-refractivity contribution >= 4 is 28.6 Å². The molecule has 0 aliphatic heterocycles. The first-order valence-corrected chi connectivity index (χ1v) is 10.8. The Kier molecular flexibility index (Phi) is 8.35. The third-order valence-electron chi connectivity index (χ3n) is 4.43. The molecule has 1 N–H and O–H groups in total. The lowest BCUT2D eigenvalue weighted by Crippen LogP contribution is -2.34. The third-order valence-corrected chi connectivity index (χ3v) is 5.41. The zero-order chi connectivity index (χ0) is 19.8. The number of rotatable bonds is 10. The summed E-state index contributed by atoms with van der Waals surface area (Å²) in [5.41, 5.74) is 0.646. The molecule has 0 saturated heterocycles. The highest BCUT2D eigenvalue weighted by Gasteiger charge is 2.14. The van der Waals surface area contributed by atoms with E-state index in [-0.39, 0.29) is 23.3 Å². The van der Waals surface area contributed by atoms with Crippen LogP contribution in [-0.4, -0.2) is 27.3 Å². The summed E-state index contributed by atoms with van der Waals surface area (Å²) in [7, 11) is 0. The van der Waals surface area contributed by atoms with E-state index < -0.39 is 0 Å². The number of carbonyl (C=O) groups is 1. The number of hydrogen-bond donors (Lipinski definition) is 1. The van der Waals surface area contributed by atoms with Gasteiger partial charge >= 0.3 is 0 Å². The number of para-hydroxylation sites is 1. The molecule has 0 aliphatic carbocycles. The van der Waals surface area contributed by atoms with Crippen molar-refractivity contribution in [3.05, 3.63) is 34.6 Å². The van der Waals surface area contributed by atoms with Gasteiger partial charge in [0.05, 0.1) is 16.7 Å². The maximum absolute atomic E-state index is 12.7. The standard InChI is InChI=1S/C21H31N3O2S/c1-5-13-24-20(26)17-11-6-7-12-18(17)23-21(24)27-14-19(25)22-16(4)10-8-9-15(2)3/h6-7,11-12,15-16H,5,8-10,13-14H2,1-4H3,(H,22,25)/t16-/m0/s1. The molecule has 1 aromatic heterocycles. The molecule has 0 aliphatic rings. The fraction of sp³-hybridized carbons (Fsp3) is 0.571. The van der Waals surface area contributed by atoms with Gasteiger partial charge in [-0.1, -0.05) is 57.5 Å². The van der Waals surface area contributed by atoms with E-state index in [2.05, 4.69) is 24.1 Å². The van der Waals surface area contributed by atoms with Gasteiger partial charge in [0.25, 0.3) is 5.56 Å². The second kappa shape index (κ2) is 10.5. The van der Waals surface area contributed by atoms with E-state index in [9.17, 15) is 9.59 Å². The predicted octanol–water partition coefficient (Wildman–Crippen LogP) is 4.23. The number of hydrogen-bond acceptors (Lipinski definition) is 4. The third kappa shape index (κ3) is 6.38. The number of aromatic nitrogens is 2. The van der Waals surface area contributed by atoms with Crippen LogP contribution in [0.25, 0.3) is 10.9 Å². The van der Waals surface area contributed by atoms with E-state index in [1.807, 2.05) is 32.0 Å². The summed E-state index contributed by atoms with van der Waals surface area (Å²) in [5, 5.41) is 4.29. The van der Waals surface area contributed by atoms with Crippen LogP contribution in [0, 0.1) is 5.92 Å². The average Bonchev–Trinajstić information content (AvgIpc) is 2.62. The molecule has 0 unspecified atom stereocenters. The molecule has 2 rings (SSSR count). The average molecular weight is 390 g/mol. The van der Waals surface area contributed by atoms with Crippen LogP contribution < -0.4 is 10.9 Å². The zero-order valence-corrected chi connectivity index (χ0v) is 17.6. The van der Waals surface area contributed by atoms with Crippen molar-refractivity contribution in [3.63, 3.8) is 0 Å². The number of amides is 1. The van der Waals surface area contributed by atoms with Crippen LogP contribution in [0.3, 0.4) is 0 Å². The van der Waals surface area contributed by atoms with Crippen LogP contribution in [0.15, 0.2) is 34.2 Å². The molecular formula is C21H31N3O2S. The van der Waals surface area contributed by atoms with Crippen molar-refractivity contribution in [2.24, 2.45) is 5.92 Å². The molecule has 5 nitrogen and oxygen atoms in total. The lowest BCUT2D eigenvalue weighted by molar-refractivity contribution is -0.119. The summed E-state index contributed by atoms with van der Waals surface area (Å²) in [6, 6.07) is 7.53. The molecule has 0 saturated carbocycles. The minimum Gasteiger partial charge on any atom is -0.353 e. The lowest BCUT2D eigenvalue weighted by Gasteiger charge is -2.15. The number of carbonyl (C=O) groups excluding carboxylic acids is 1. The van der Waals surface area contributed by atoms with Crippen molar-refractivity contribution in [2.45, 2.75) is 71.1 Å². The lowest BCUT2D eigenvalue weighted by atomic mass is 10.0. The summed E-state index contributed by atoms with van der Waals surface area (Å²) in [6.07, 6.45) is 4.13. The topological polar surface area (TPSA) is 64.0 Å². The number of benzene rings is 1. The largest absolute Gasteiger partial charge is 0.353 e. The monoisotopic (exact) mass is 389 g/mol. The maximum Gasteiger partial charge on any atom is 0.262 e. The Morgan fingerprint density at radius 1 is 1.22 bits per heavy atom. The van der Waals surface area contributed by atoms with Crippen LogP contribution in [0.4, 0.5) is 0 Å². The normalized spacial score (nSPS) is 12.5. The molecule has 2 aromatic rings. The molecule has 0 fully saturated rings. The summed E-state index contributed by atoms with van der Waals surface area (Å²) < 4.78 is 1.69. The molecule has 1 heterocycles. The van der Waals surface area contributed by atoms with Crippen LogP contribution in [0.2, 0.25) is 0 Å². The smallest absolute Gasteiger partial charge is 0.262 e. The molecule has 27 heavy (non-hydrogen) atoms. The first-order valence-electron chi connectivity index (χ1n) is 9.84. The van der Waals surface area contributed by atoms with Crippen molar-refractivity contribution < 1.29 is 4.79 Å². The second-order valence-corrected chi connectivity index (χ2v) is 8.39. The SMILES string of the molecule is CCCn1c(SCC(=O)N[C@@H](C)CCCC(C)C)nc2ccccc2c1=O. The van der Waals surface area contributed by atoms with E-state index in [0.717, 1.165) is 19.3 Å². The fourth-order valence-corrected chi connectivity index (χ4v) is 3.87.